The molecule has 0 unspecified atom stereocenters. The van der Waals surface area contributed by atoms with Gasteiger partial charge in [0.1, 0.15) is 11.5 Å². The Morgan fingerprint density at radius 3 is 2.38 bits per heavy atom. The summed E-state index contributed by atoms with van der Waals surface area (Å²) in [5, 5.41) is 8.95. The van der Waals surface area contributed by atoms with Crippen LogP contribution in [0.15, 0.2) is 36.4 Å². The number of nitrogens with zero attached hydrogens (tertiary/aromatic N) is 1. The molecule has 0 radical (unpaired) electrons. The number of anilines is 2. The molecular weight excluding hydrogens is 282 g/mol. The van der Waals surface area contributed by atoms with Crippen LogP contribution in [0.1, 0.15) is 0 Å². The van der Waals surface area contributed by atoms with Crippen molar-refractivity contribution in [2.75, 3.05) is 17.7 Å². The first-order valence-corrected chi connectivity index (χ1v) is 5.87. The number of hydrogen-bond donors (Lipinski definition) is 2. The third-order valence-corrected chi connectivity index (χ3v) is 2.78. The van der Waals surface area contributed by atoms with Crippen molar-refractivity contribution < 1.29 is 23.4 Å². The maximum Gasteiger partial charge on any atom is 0.411 e. The standard InChI is InChI=1S/C14H12F2N2O3/c1-18(14(19)20)13-7-9(3-5-12(13)17)21-8-2-4-10(15)11(16)6-8/h2-7H,17H2,1H3,(H,19,20). The van der Waals surface area contributed by atoms with Crippen LogP contribution in [0, 0.1) is 11.6 Å². The molecule has 21 heavy (non-hydrogen) atoms. The number of rotatable bonds is 3. The number of carboxylic acid groups (broad SMARTS) is 1. The monoisotopic (exact) mass is 294 g/mol. The van der Waals surface area contributed by atoms with Gasteiger partial charge in [-0.1, -0.05) is 0 Å². The summed E-state index contributed by atoms with van der Waals surface area (Å²) in [6, 6.07) is 7.44. The Morgan fingerprint density at radius 2 is 1.76 bits per heavy atom. The van der Waals surface area contributed by atoms with E-state index < -0.39 is 17.7 Å². The molecule has 0 aliphatic rings. The van der Waals surface area contributed by atoms with Crippen molar-refractivity contribution in [2.24, 2.45) is 0 Å². The molecule has 0 heterocycles. The van der Waals surface area contributed by atoms with Crippen LogP contribution in [0.2, 0.25) is 0 Å². The second-order valence-electron chi connectivity index (χ2n) is 4.24. The minimum atomic E-state index is -1.19. The van der Waals surface area contributed by atoms with Crippen molar-refractivity contribution >= 4 is 17.5 Å². The molecule has 0 atom stereocenters. The van der Waals surface area contributed by atoms with Crippen LogP contribution in [0.5, 0.6) is 11.5 Å². The van der Waals surface area contributed by atoms with Gasteiger partial charge in [0, 0.05) is 19.2 Å². The Kier molecular flexibility index (Phi) is 3.93. The molecule has 2 aromatic carbocycles. The van der Waals surface area contributed by atoms with Crippen LogP contribution in [-0.2, 0) is 0 Å². The second kappa shape index (κ2) is 5.66. The summed E-state index contributed by atoms with van der Waals surface area (Å²) in [7, 11) is 1.33. The van der Waals surface area contributed by atoms with Gasteiger partial charge in [0.25, 0.3) is 0 Å². The number of amides is 1. The molecule has 0 spiro atoms. The Bertz CT molecular complexity index is 692. The van der Waals surface area contributed by atoms with Crippen LogP contribution in [-0.4, -0.2) is 18.2 Å². The topological polar surface area (TPSA) is 75.8 Å². The summed E-state index contributed by atoms with van der Waals surface area (Å²) in [5.41, 5.74) is 6.17. The first-order chi connectivity index (χ1) is 9.88. The highest BCUT2D eigenvalue weighted by Gasteiger charge is 2.13. The highest BCUT2D eigenvalue weighted by Crippen LogP contribution is 2.30. The second-order valence-corrected chi connectivity index (χ2v) is 4.24. The molecule has 0 aliphatic heterocycles. The fourth-order valence-electron chi connectivity index (χ4n) is 1.66. The third-order valence-electron chi connectivity index (χ3n) is 2.78. The zero-order valence-corrected chi connectivity index (χ0v) is 11.0. The van der Waals surface area contributed by atoms with Gasteiger partial charge in [0.15, 0.2) is 11.6 Å². The van der Waals surface area contributed by atoms with Gasteiger partial charge in [-0.3, -0.25) is 4.90 Å². The van der Waals surface area contributed by atoms with Crippen molar-refractivity contribution in [3.63, 3.8) is 0 Å². The van der Waals surface area contributed by atoms with E-state index in [-0.39, 0.29) is 22.9 Å². The van der Waals surface area contributed by atoms with Crippen molar-refractivity contribution in [1.29, 1.82) is 0 Å². The Hall–Kier alpha value is -2.83. The zero-order chi connectivity index (χ0) is 15.6. The highest BCUT2D eigenvalue weighted by molar-refractivity contribution is 5.90. The van der Waals surface area contributed by atoms with Gasteiger partial charge in [0.05, 0.1) is 11.4 Å². The normalized spacial score (nSPS) is 10.2. The Labute approximate surface area is 119 Å². The minimum Gasteiger partial charge on any atom is -0.465 e. The summed E-state index contributed by atoms with van der Waals surface area (Å²) in [5.74, 6) is -1.68. The number of benzene rings is 2. The lowest BCUT2D eigenvalue weighted by Crippen LogP contribution is -2.24. The van der Waals surface area contributed by atoms with E-state index in [1.54, 1.807) is 0 Å². The largest absolute Gasteiger partial charge is 0.465 e. The number of nitrogen functional groups attached to an aromatic ring is 1. The van der Waals surface area contributed by atoms with Gasteiger partial charge in [-0.2, -0.15) is 0 Å². The summed E-state index contributed by atoms with van der Waals surface area (Å²) in [6.07, 6.45) is -1.19. The van der Waals surface area contributed by atoms with Crippen molar-refractivity contribution in [1.82, 2.24) is 0 Å². The molecule has 2 aromatic rings. The average molecular weight is 294 g/mol. The van der Waals surface area contributed by atoms with E-state index in [0.29, 0.717) is 0 Å². The Morgan fingerprint density at radius 1 is 1.14 bits per heavy atom. The van der Waals surface area contributed by atoms with Crippen molar-refractivity contribution in [2.45, 2.75) is 0 Å². The predicted octanol–water partition coefficient (Wildman–Crippen LogP) is 3.45. The number of nitrogens with two attached hydrogens (primary N) is 1. The van der Waals surface area contributed by atoms with E-state index in [0.717, 1.165) is 17.0 Å². The quantitative estimate of drug-likeness (QED) is 0.850. The molecule has 0 bridgehead atoms. The molecule has 5 nitrogen and oxygen atoms in total. The SMILES string of the molecule is CN(C(=O)O)c1cc(Oc2ccc(F)c(F)c2)ccc1N. The molecule has 0 aromatic heterocycles. The fraction of sp³-hybridized carbons (Fsp3) is 0.0714. The first-order valence-electron chi connectivity index (χ1n) is 5.87. The molecule has 3 N–H and O–H groups in total. The number of halogens is 2. The van der Waals surface area contributed by atoms with E-state index >= 15 is 0 Å². The number of carbonyl (C=O) groups is 1. The molecule has 0 fully saturated rings. The molecule has 7 heteroatoms. The van der Waals surface area contributed by atoms with Crippen LogP contribution >= 0.6 is 0 Å². The number of hydrogen-bond acceptors (Lipinski definition) is 3. The van der Waals surface area contributed by atoms with E-state index in [9.17, 15) is 13.6 Å². The summed E-state index contributed by atoms with van der Waals surface area (Å²) < 4.78 is 31.3. The van der Waals surface area contributed by atoms with Gasteiger partial charge in [-0.25, -0.2) is 13.6 Å². The summed E-state index contributed by atoms with van der Waals surface area (Å²) in [6.45, 7) is 0. The van der Waals surface area contributed by atoms with E-state index in [2.05, 4.69) is 0 Å². The maximum atomic E-state index is 13.1. The lowest BCUT2D eigenvalue weighted by atomic mass is 10.2. The van der Waals surface area contributed by atoms with Gasteiger partial charge >= 0.3 is 6.09 Å². The molecule has 110 valence electrons. The Balaban J connectivity index is 2.30. The van der Waals surface area contributed by atoms with Gasteiger partial charge in [0.2, 0.25) is 0 Å². The van der Waals surface area contributed by atoms with Gasteiger partial charge in [-0.05, 0) is 24.3 Å². The molecular formula is C14H12F2N2O3. The molecule has 0 aliphatic carbocycles. The number of ether oxygens (including phenoxy) is 1. The van der Waals surface area contributed by atoms with Crippen molar-refractivity contribution in [3.05, 3.63) is 48.0 Å². The first kappa shape index (κ1) is 14.6. The van der Waals surface area contributed by atoms with E-state index in [1.807, 2.05) is 0 Å². The minimum absolute atomic E-state index is 0.0857. The van der Waals surface area contributed by atoms with Gasteiger partial charge in [-0.15, -0.1) is 0 Å². The highest BCUT2D eigenvalue weighted by atomic mass is 19.2. The maximum absolute atomic E-state index is 13.1. The van der Waals surface area contributed by atoms with E-state index in [1.165, 1.54) is 31.3 Å². The molecule has 2 rings (SSSR count). The molecule has 1 amide bonds. The van der Waals surface area contributed by atoms with Gasteiger partial charge < -0.3 is 15.6 Å². The predicted molar refractivity (Wildman–Crippen MR) is 73.7 cm³/mol. The summed E-state index contributed by atoms with van der Waals surface area (Å²) in [4.78, 5) is 11.9. The lowest BCUT2D eigenvalue weighted by Gasteiger charge is -2.16. The summed E-state index contributed by atoms with van der Waals surface area (Å²) >= 11 is 0. The van der Waals surface area contributed by atoms with Crippen LogP contribution < -0.4 is 15.4 Å². The lowest BCUT2D eigenvalue weighted by molar-refractivity contribution is 0.203. The van der Waals surface area contributed by atoms with Crippen LogP contribution in [0.25, 0.3) is 0 Å². The van der Waals surface area contributed by atoms with Crippen LogP contribution in [0.4, 0.5) is 25.0 Å². The van der Waals surface area contributed by atoms with E-state index in [4.69, 9.17) is 15.6 Å². The zero-order valence-electron chi connectivity index (χ0n) is 11.0. The third kappa shape index (κ3) is 3.19. The fourth-order valence-corrected chi connectivity index (χ4v) is 1.66. The smallest absolute Gasteiger partial charge is 0.411 e. The molecule has 0 saturated carbocycles. The molecule has 0 saturated heterocycles. The van der Waals surface area contributed by atoms with Crippen molar-refractivity contribution in [3.8, 4) is 11.5 Å². The van der Waals surface area contributed by atoms with Crippen LogP contribution in [0.3, 0.4) is 0 Å². The average Bonchev–Trinajstić information content (AvgIpc) is 2.44.